The highest BCUT2D eigenvalue weighted by Gasteiger charge is 2.30. The van der Waals surface area contributed by atoms with Crippen molar-refractivity contribution < 1.29 is 16.8 Å². The SMILES string of the molecule is CS(=O)(=O)NC1CCN(CCCn2nc(-c3ccc(Cl)c(C#Cc4ccc(CNCc5ccc(Cl)cc5)cc4)c3)c3c2CCN(S(C)(=O)=O)C3)CC1. The molecule has 52 heavy (non-hydrogen) atoms. The van der Waals surface area contributed by atoms with Crippen molar-refractivity contribution in [3.05, 3.63) is 110 Å². The third-order valence-electron chi connectivity index (χ3n) is 9.49. The van der Waals surface area contributed by atoms with E-state index in [4.69, 9.17) is 28.3 Å². The Morgan fingerprint density at radius 3 is 2.17 bits per heavy atom. The summed E-state index contributed by atoms with van der Waals surface area (Å²) in [6, 6.07) is 21.6. The number of halogens is 2. The fourth-order valence-corrected chi connectivity index (χ4v) is 8.67. The Balaban J connectivity index is 1.14. The smallest absolute Gasteiger partial charge is 0.211 e. The average molecular weight is 784 g/mol. The molecule has 0 spiro atoms. The Bertz CT molecular complexity index is 2160. The van der Waals surface area contributed by atoms with Gasteiger partial charge in [-0.05, 0) is 86.4 Å². The van der Waals surface area contributed by atoms with Crippen LogP contribution in [0.15, 0.2) is 66.7 Å². The van der Waals surface area contributed by atoms with E-state index in [0.29, 0.717) is 30.1 Å². The minimum absolute atomic E-state index is 0.0152. The number of benzene rings is 3. The summed E-state index contributed by atoms with van der Waals surface area (Å²) in [5, 5.41) is 9.76. The molecule has 2 aliphatic heterocycles. The van der Waals surface area contributed by atoms with Gasteiger partial charge >= 0.3 is 0 Å². The molecule has 14 heteroatoms. The highest BCUT2D eigenvalue weighted by atomic mass is 35.5. The lowest BCUT2D eigenvalue weighted by atomic mass is 10.0. The first-order chi connectivity index (χ1) is 24.8. The van der Waals surface area contributed by atoms with Gasteiger partial charge in [0.1, 0.15) is 0 Å². The fourth-order valence-electron chi connectivity index (χ4n) is 6.75. The van der Waals surface area contributed by atoms with E-state index in [1.165, 1.54) is 22.4 Å². The van der Waals surface area contributed by atoms with Crippen LogP contribution in [0.25, 0.3) is 11.3 Å². The Morgan fingerprint density at radius 1 is 0.846 bits per heavy atom. The van der Waals surface area contributed by atoms with Gasteiger partial charge in [-0.2, -0.15) is 9.40 Å². The predicted molar refractivity (Wildman–Crippen MR) is 208 cm³/mol. The number of rotatable bonds is 12. The molecule has 0 unspecified atom stereocenters. The number of aryl methyl sites for hydroxylation is 1. The molecule has 3 heterocycles. The van der Waals surface area contributed by atoms with Crippen LogP contribution in [0.5, 0.6) is 0 Å². The molecule has 0 aliphatic carbocycles. The van der Waals surface area contributed by atoms with Crippen LogP contribution in [0.2, 0.25) is 10.0 Å². The van der Waals surface area contributed by atoms with Gasteiger partial charge in [-0.15, -0.1) is 0 Å². The normalized spacial score (nSPS) is 16.0. The minimum atomic E-state index is -3.39. The highest BCUT2D eigenvalue weighted by Crippen LogP contribution is 2.33. The maximum Gasteiger partial charge on any atom is 0.211 e. The number of nitrogens with zero attached hydrogens (tertiary/aromatic N) is 4. The molecule has 6 rings (SSSR count). The lowest BCUT2D eigenvalue weighted by Crippen LogP contribution is -2.44. The van der Waals surface area contributed by atoms with E-state index < -0.39 is 20.0 Å². The van der Waals surface area contributed by atoms with Gasteiger partial charge in [0.15, 0.2) is 0 Å². The van der Waals surface area contributed by atoms with Gasteiger partial charge < -0.3 is 10.2 Å². The molecular formula is C38H44Cl2N6O4S2. The number of piperidine rings is 1. The van der Waals surface area contributed by atoms with E-state index in [2.05, 4.69) is 38.9 Å². The first-order valence-corrected chi connectivity index (χ1v) is 21.9. The zero-order valence-electron chi connectivity index (χ0n) is 29.4. The zero-order chi connectivity index (χ0) is 36.9. The zero-order valence-corrected chi connectivity index (χ0v) is 32.6. The first-order valence-electron chi connectivity index (χ1n) is 17.4. The maximum atomic E-state index is 12.6. The summed E-state index contributed by atoms with van der Waals surface area (Å²) in [7, 11) is -6.60. The second-order valence-corrected chi connectivity index (χ2v) is 18.2. The number of nitrogens with one attached hydrogen (secondary N) is 2. The van der Waals surface area contributed by atoms with Crippen LogP contribution in [-0.4, -0.2) is 80.6 Å². The topological polar surface area (TPSA) is 117 Å². The van der Waals surface area contributed by atoms with E-state index in [0.717, 1.165) is 90.7 Å². The summed E-state index contributed by atoms with van der Waals surface area (Å²) in [6.07, 6.45) is 5.46. The molecule has 3 aromatic carbocycles. The standard InChI is InChI=1S/C38H44Cl2N6O4S2/c1-51(47,48)43-34-16-21-44(22-17-34)19-3-20-46-37-18-23-45(52(2,49)50)27-35(37)38(42-46)32-12-15-36(40)31(24-32)11-8-28-4-6-29(7-5-28)25-41-26-30-9-13-33(39)14-10-30/h4-7,9-10,12-15,24,34,41,43H,3,16-23,25-27H2,1-2H3. The highest BCUT2D eigenvalue weighted by molar-refractivity contribution is 7.88. The molecule has 1 aromatic heterocycles. The van der Waals surface area contributed by atoms with Gasteiger partial charge in [0.05, 0.1) is 23.2 Å². The van der Waals surface area contributed by atoms with Crippen LogP contribution in [0, 0.1) is 11.8 Å². The molecule has 1 fully saturated rings. The second-order valence-electron chi connectivity index (χ2n) is 13.6. The van der Waals surface area contributed by atoms with Crippen molar-refractivity contribution in [2.24, 2.45) is 0 Å². The summed E-state index contributed by atoms with van der Waals surface area (Å²) >= 11 is 12.6. The summed E-state index contributed by atoms with van der Waals surface area (Å²) < 4.78 is 54.7. The number of likely N-dealkylation sites (tertiary alicyclic amines) is 1. The third-order valence-corrected chi connectivity index (χ3v) is 12.1. The molecule has 1 saturated heterocycles. The van der Waals surface area contributed by atoms with Gasteiger partial charge in [0, 0.05) is 78.2 Å². The third kappa shape index (κ3) is 10.5. The number of fused-ring (bicyclic) bond motifs is 1. The molecule has 0 bridgehead atoms. The summed E-state index contributed by atoms with van der Waals surface area (Å²) in [6.45, 7) is 5.36. The Hall–Kier alpha value is -3.25. The van der Waals surface area contributed by atoms with Crippen LogP contribution in [0.4, 0.5) is 0 Å². The van der Waals surface area contributed by atoms with Crippen molar-refractivity contribution in [3.8, 4) is 23.1 Å². The number of hydrogen-bond donors (Lipinski definition) is 2. The molecular weight excluding hydrogens is 739 g/mol. The monoisotopic (exact) mass is 782 g/mol. The van der Waals surface area contributed by atoms with Crippen LogP contribution < -0.4 is 10.0 Å². The summed E-state index contributed by atoms with van der Waals surface area (Å²) in [5.74, 6) is 6.48. The minimum Gasteiger partial charge on any atom is -0.309 e. The summed E-state index contributed by atoms with van der Waals surface area (Å²) in [4.78, 5) is 2.36. The van der Waals surface area contributed by atoms with Crippen molar-refractivity contribution in [2.45, 2.75) is 57.9 Å². The Morgan fingerprint density at radius 2 is 1.52 bits per heavy atom. The fraction of sp³-hybridized carbons (Fsp3) is 0.395. The predicted octanol–water partition coefficient (Wildman–Crippen LogP) is 5.27. The van der Waals surface area contributed by atoms with Crippen molar-refractivity contribution in [1.82, 2.24) is 29.0 Å². The molecule has 2 aliphatic rings. The van der Waals surface area contributed by atoms with Crippen molar-refractivity contribution in [3.63, 3.8) is 0 Å². The lowest BCUT2D eigenvalue weighted by Gasteiger charge is -2.32. The van der Waals surface area contributed by atoms with E-state index in [9.17, 15) is 16.8 Å². The number of sulfonamides is 2. The van der Waals surface area contributed by atoms with E-state index >= 15 is 0 Å². The van der Waals surface area contributed by atoms with Crippen LogP contribution >= 0.6 is 23.2 Å². The van der Waals surface area contributed by atoms with Crippen molar-refractivity contribution in [2.75, 3.05) is 38.7 Å². The molecule has 0 amide bonds. The van der Waals surface area contributed by atoms with Crippen LogP contribution in [0.1, 0.15) is 52.8 Å². The van der Waals surface area contributed by atoms with Gasteiger partial charge in [-0.1, -0.05) is 65.4 Å². The first kappa shape index (κ1) is 38.5. The Labute approximate surface area is 317 Å². The van der Waals surface area contributed by atoms with Crippen molar-refractivity contribution >= 4 is 43.2 Å². The number of aromatic nitrogens is 2. The van der Waals surface area contributed by atoms with E-state index in [1.54, 1.807) is 0 Å². The lowest BCUT2D eigenvalue weighted by molar-refractivity contribution is 0.201. The summed E-state index contributed by atoms with van der Waals surface area (Å²) in [5.41, 5.74) is 7.38. The van der Waals surface area contributed by atoms with Gasteiger partial charge in [0.25, 0.3) is 0 Å². The molecule has 0 radical (unpaired) electrons. The van der Waals surface area contributed by atoms with Gasteiger partial charge in [-0.25, -0.2) is 21.6 Å². The average Bonchev–Trinajstić information content (AvgIpc) is 3.47. The van der Waals surface area contributed by atoms with E-state index in [-0.39, 0.29) is 12.6 Å². The molecule has 2 N–H and O–H groups in total. The van der Waals surface area contributed by atoms with Crippen molar-refractivity contribution in [1.29, 1.82) is 0 Å². The van der Waals surface area contributed by atoms with E-state index in [1.807, 2.05) is 59.3 Å². The molecule has 0 atom stereocenters. The van der Waals surface area contributed by atoms with Gasteiger partial charge in [-0.3, -0.25) is 4.68 Å². The molecule has 276 valence electrons. The maximum absolute atomic E-state index is 12.6. The van der Waals surface area contributed by atoms with Crippen LogP contribution in [-0.2, 0) is 52.6 Å². The largest absolute Gasteiger partial charge is 0.309 e. The molecule has 0 saturated carbocycles. The molecule has 10 nitrogen and oxygen atoms in total. The second kappa shape index (κ2) is 16.8. The molecule has 4 aromatic rings. The van der Waals surface area contributed by atoms with Gasteiger partial charge in [0.2, 0.25) is 20.0 Å². The van der Waals surface area contributed by atoms with Crippen LogP contribution in [0.3, 0.4) is 0 Å². The number of hydrogen-bond acceptors (Lipinski definition) is 7. The Kier molecular flexibility index (Phi) is 12.5. The quantitative estimate of drug-likeness (QED) is 0.188.